The molecule has 2 heteroatoms. The van der Waals surface area contributed by atoms with Crippen molar-refractivity contribution in [2.24, 2.45) is 5.92 Å². The maximum Gasteiger partial charge on any atom is 0.0695 e. The highest BCUT2D eigenvalue weighted by Gasteiger charge is 2.23. The van der Waals surface area contributed by atoms with E-state index < -0.39 is 0 Å². The fourth-order valence-electron chi connectivity index (χ4n) is 1.61. The Kier molecular flexibility index (Phi) is 6.39. The number of hydrogen-bond donors (Lipinski definition) is 1. The summed E-state index contributed by atoms with van der Waals surface area (Å²) in [7, 11) is 2.06. The molecule has 2 nitrogen and oxygen atoms in total. The Hall–Kier alpha value is -0.0800. The molecule has 0 aromatic rings. The van der Waals surface area contributed by atoms with Crippen molar-refractivity contribution in [1.29, 1.82) is 0 Å². The first-order valence-corrected chi connectivity index (χ1v) is 5.10. The molecule has 1 aliphatic rings. The second-order valence-corrected chi connectivity index (χ2v) is 3.29. The Bertz CT molecular complexity index is 106. The number of aliphatic hydroxyl groups is 1. The largest absolute Gasteiger partial charge is 0.392 e. The summed E-state index contributed by atoms with van der Waals surface area (Å²) in [5, 5.41) is 9.50. The quantitative estimate of drug-likeness (QED) is 0.653. The lowest BCUT2D eigenvalue weighted by molar-refractivity contribution is 0.0309. The fraction of sp³-hybridized carbons (Fsp3) is 1.00. The lowest BCUT2D eigenvalue weighted by atomic mass is 9.92. The summed E-state index contributed by atoms with van der Waals surface area (Å²) in [5.41, 5.74) is 0. The van der Waals surface area contributed by atoms with Gasteiger partial charge in [0.1, 0.15) is 0 Å². The van der Waals surface area contributed by atoms with E-state index in [9.17, 15) is 5.11 Å². The molecule has 0 aromatic carbocycles. The molecule has 0 spiro atoms. The van der Waals surface area contributed by atoms with Gasteiger partial charge in [-0.15, -0.1) is 0 Å². The van der Waals surface area contributed by atoms with Crippen LogP contribution in [0.4, 0.5) is 0 Å². The van der Waals surface area contributed by atoms with Gasteiger partial charge in [0.25, 0.3) is 0 Å². The maximum absolute atomic E-state index is 9.50. The van der Waals surface area contributed by atoms with Crippen molar-refractivity contribution in [1.82, 2.24) is 4.90 Å². The van der Waals surface area contributed by atoms with Gasteiger partial charge in [-0.05, 0) is 25.9 Å². The molecule has 1 N–H and O–H groups in total. The zero-order chi connectivity index (χ0) is 9.56. The standard InChI is InChI=1S/C8H17NO.C2H6/c1-3-7-4-5-9(2)6-8(7)10;1-2/h7-8,10H,3-6H2,1-2H3;1-2H3. The summed E-state index contributed by atoms with van der Waals surface area (Å²) in [6, 6.07) is 0. The predicted octanol–water partition coefficient (Wildman–Crippen LogP) is 1.74. The van der Waals surface area contributed by atoms with Crippen molar-refractivity contribution < 1.29 is 5.11 Å². The minimum Gasteiger partial charge on any atom is -0.392 e. The van der Waals surface area contributed by atoms with E-state index in [-0.39, 0.29) is 6.10 Å². The zero-order valence-corrected chi connectivity index (χ0v) is 8.88. The number of aliphatic hydroxyl groups excluding tert-OH is 1. The van der Waals surface area contributed by atoms with E-state index in [0.717, 1.165) is 25.9 Å². The Balaban J connectivity index is 0.000000561. The molecule has 0 aromatic heterocycles. The number of nitrogens with zero attached hydrogens (tertiary/aromatic N) is 1. The summed E-state index contributed by atoms with van der Waals surface area (Å²) in [4.78, 5) is 2.19. The van der Waals surface area contributed by atoms with Crippen molar-refractivity contribution in [2.75, 3.05) is 20.1 Å². The normalized spacial score (nSPS) is 30.8. The van der Waals surface area contributed by atoms with Crippen LogP contribution < -0.4 is 0 Å². The molecule has 12 heavy (non-hydrogen) atoms. The van der Waals surface area contributed by atoms with Crippen LogP contribution in [0.15, 0.2) is 0 Å². The molecule has 2 unspecified atom stereocenters. The maximum atomic E-state index is 9.50. The first-order chi connectivity index (χ1) is 5.74. The second kappa shape index (κ2) is 6.44. The number of likely N-dealkylation sites (tertiary alicyclic amines) is 1. The van der Waals surface area contributed by atoms with Gasteiger partial charge in [0.15, 0.2) is 0 Å². The minimum atomic E-state index is -0.0799. The van der Waals surface area contributed by atoms with Crippen molar-refractivity contribution in [3.8, 4) is 0 Å². The van der Waals surface area contributed by atoms with Crippen LogP contribution in [-0.2, 0) is 0 Å². The van der Waals surface area contributed by atoms with Crippen LogP contribution >= 0.6 is 0 Å². The fourth-order valence-corrected chi connectivity index (χ4v) is 1.61. The summed E-state index contributed by atoms with van der Waals surface area (Å²) in [5.74, 6) is 0.552. The summed E-state index contributed by atoms with van der Waals surface area (Å²) < 4.78 is 0. The van der Waals surface area contributed by atoms with Gasteiger partial charge < -0.3 is 10.0 Å². The molecule has 1 saturated heterocycles. The molecule has 0 bridgehead atoms. The van der Waals surface area contributed by atoms with E-state index in [1.165, 1.54) is 0 Å². The lowest BCUT2D eigenvalue weighted by Crippen LogP contribution is -2.41. The summed E-state index contributed by atoms with van der Waals surface area (Å²) in [6.45, 7) is 8.16. The first-order valence-electron chi connectivity index (χ1n) is 5.10. The topological polar surface area (TPSA) is 23.5 Å². The van der Waals surface area contributed by atoms with E-state index in [1.807, 2.05) is 13.8 Å². The molecule has 0 amide bonds. The average Bonchev–Trinajstić information content (AvgIpc) is 2.08. The number of rotatable bonds is 1. The van der Waals surface area contributed by atoms with E-state index in [2.05, 4.69) is 18.9 Å². The van der Waals surface area contributed by atoms with Crippen LogP contribution in [0.1, 0.15) is 33.6 Å². The van der Waals surface area contributed by atoms with Gasteiger partial charge in [-0.25, -0.2) is 0 Å². The monoisotopic (exact) mass is 173 g/mol. The third-order valence-electron chi connectivity index (χ3n) is 2.45. The average molecular weight is 173 g/mol. The molecule has 0 aliphatic carbocycles. The van der Waals surface area contributed by atoms with Gasteiger partial charge in [0.05, 0.1) is 6.10 Å². The van der Waals surface area contributed by atoms with Gasteiger partial charge in [0.2, 0.25) is 0 Å². The highest BCUT2D eigenvalue weighted by molar-refractivity contribution is 4.76. The van der Waals surface area contributed by atoms with Gasteiger partial charge in [-0.3, -0.25) is 0 Å². The molecule has 74 valence electrons. The van der Waals surface area contributed by atoms with Crippen molar-refractivity contribution >= 4 is 0 Å². The highest BCUT2D eigenvalue weighted by Crippen LogP contribution is 2.19. The van der Waals surface area contributed by atoms with Crippen LogP contribution in [0, 0.1) is 5.92 Å². The molecular weight excluding hydrogens is 150 g/mol. The predicted molar refractivity (Wildman–Crippen MR) is 53.2 cm³/mol. The SMILES string of the molecule is CC.CCC1CCN(C)CC1O. The van der Waals surface area contributed by atoms with Gasteiger partial charge >= 0.3 is 0 Å². The van der Waals surface area contributed by atoms with Gasteiger partial charge in [0, 0.05) is 6.54 Å². The molecule has 2 atom stereocenters. The van der Waals surface area contributed by atoms with Crippen LogP contribution in [-0.4, -0.2) is 36.2 Å². The van der Waals surface area contributed by atoms with Gasteiger partial charge in [-0.1, -0.05) is 27.2 Å². The molecule has 1 heterocycles. The summed E-state index contributed by atoms with van der Waals surface area (Å²) in [6.07, 6.45) is 2.20. The molecule has 0 saturated carbocycles. The Morgan fingerprint density at radius 1 is 1.42 bits per heavy atom. The van der Waals surface area contributed by atoms with E-state index in [0.29, 0.717) is 5.92 Å². The number of β-amino-alcohol motifs (C(OH)–C–C–N with tert-alkyl or cyclic N) is 1. The molecule has 1 aliphatic heterocycles. The Morgan fingerprint density at radius 2 is 2.00 bits per heavy atom. The number of hydrogen-bond acceptors (Lipinski definition) is 2. The smallest absolute Gasteiger partial charge is 0.0695 e. The molecule has 1 rings (SSSR count). The van der Waals surface area contributed by atoms with Gasteiger partial charge in [-0.2, -0.15) is 0 Å². The Labute approximate surface area is 76.6 Å². The molecule has 0 radical (unpaired) electrons. The van der Waals surface area contributed by atoms with Crippen molar-refractivity contribution in [3.63, 3.8) is 0 Å². The third kappa shape index (κ3) is 3.55. The number of likely N-dealkylation sites (N-methyl/N-ethyl adjacent to an activating group) is 1. The molecular formula is C10H23NO. The first kappa shape index (κ1) is 11.9. The van der Waals surface area contributed by atoms with Crippen LogP contribution in [0.5, 0.6) is 0 Å². The van der Waals surface area contributed by atoms with Crippen molar-refractivity contribution in [2.45, 2.75) is 39.7 Å². The third-order valence-corrected chi connectivity index (χ3v) is 2.45. The van der Waals surface area contributed by atoms with Crippen LogP contribution in [0.3, 0.4) is 0 Å². The zero-order valence-electron chi connectivity index (χ0n) is 8.88. The lowest BCUT2D eigenvalue weighted by Gasteiger charge is -2.32. The molecule has 1 fully saturated rings. The van der Waals surface area contributed by atoms with Crippen molar-refractivity contribution in [3.05, 3.63) is 0 Å². The van der Waals surface area contributed by atoms with Crippen LogP contribution in [0.2, 0.25) is 0 Å². The summed E-state index contributed by atoms with van der Waals surface area (Å²) >= 11 is 0. The minimum absolute atomic E-state index is 0.0799. The van der Waals surface area contributed by atoms with E-state index in [1.54, 1.807) is 0 Å². The highest BCUT2D eigenvalue weighted by atomic mass is 16.3. The van der Waals surface area contributed by atoms with Crippen LogP contribution in [0.25, 0.3) is 0 Å². The second-order valence-electron chi connectivity index (χ2n) is 3.29. The Morgan fingerprint density at radius 3 is 2.42 bits per heavy atom. The van der Waals surface area contributed by atoms with E-state index in [4.69, 9.17) is 0 Å². The van der Waals surface area contributed by atoms with E-state index >= 15 is 0 Å². The number of piperidine rings is 1.